The Bertz CT molecular complexity index is 456. The van der Waals surface area contributed by atoms with Crippen molar-refractivity contribution in [3.63, 3.8) is 0 Å². The monoisotopic (exact) mass is 277 g/mol. The minimum absolute atomic E-state index is 0.0610. The Kier molecular flexibility index (Phi) is 4.95. The number of nitrogens with one attached hydrogen (secondary N) is 1. The minimum atomic E-state index is -0.0610. The van der Waals surface area contributed by atoms with Gasteiger partial charge < -0.3 is 15.0 Å². The van der Waals surface area contributed by atoms with Crippen LogP contribution >= 0.6 is 0 Å². The number of nitrogens with zero attached hydrogens (tertiary/aromatic N) is 2. The second-order valence-electron chi connectivity index (χ2n) is 5.55. The molecule has 1 unspecified atom stereocenters. The number of rotatable bonds is 5. The highest BCUT2D eigenvalue weighted by atomic mass is 16.5. The Morgan fingerprint density at radius 1 is 1.60 bits per heavy atom. The molecule has 0 aliphatic carbocycles. The lowest BCUT2D eigenvalue weighted by Gasteiger charge is -2.22. The van der Waals surface area contributed by atoms with E-state index >= 15 is 0 Å². The van der Waals surface area contributed by atoms with Crippen molar-refractivity contribution < 1.29 is 9.53 Å². The summed E-state index contributed by atoms with van der Waals surface area (Å²) in [5, 5.41) is 2.89. The molecule has 0 spiro atoms. The average Bonchev–Trinajstić information content (AvgIpc) is 2.91. The number of ether oxygens (including phenoxy) is 1. The second kappa shape index (κ2) is 6.70. The van der Waals surface area contributed by atoms with Crippen LogP contribution in [0.3, 0.4) is 0 Å². The number of carbonyl (C=O) groups is 1. The summed E-state index contributed by atoms with van der Waals surface area (Å²) in [6, 6.07) is 3.69. The molecule has 1 atom stereocenters. The number of aromatic nitrogens is 1. The van der Waals surface area contributed by atoms with Gasteiger partial charge in [-0.3, -0.25) is 4.79 Å². The van der Waals surface area contributed by atoms with Crippen LogP contribution in [-0.4, -0.2) is 43.2 Å². The predicted molar refractivity (Wildman–Crippen MR) is 79.1 cm³/mol. The van der Waals surface area contributed by atoms with E-state index in [1.807, 2.05) is 31.9 Å². The van der Waals surface area contributed by atoms with Crippen molar-refractivity contribution in [2.24, 2.45) is 0 Å². The number of hydrogen-bond donors (Lipinski definition) is 1. The van der Waals surface area contributed by atoms with Gasteiger partial charge in [0.05, 0.1) is 6.10 Å². The van der Waals surface area contributed by atoms with E-state index in [0.29, 0.717) is 5.56 Å². The molecule has 2 heterocycles. The number of likely N-dealkylation sites (N-methyl/N-ethyl adjacent to an activating group) is 1. The molecule has 2 rings (SSSR count). The molecular formula is C15H23N3O2. The largest absolute Gasteiger partial charge is 0.376 e. The van der Waals surface area contributed by atoms with Gasteiger partial charge in [-0.05, 0) is 38.8 Å². The number of hydrogen-bond acceptors (Lipinski definition) is 4. The van der Waals surface area contributed by atoms with Gasteiger partial charge in [-0.1, -0.05) is 0 Å². The van der Waals surface area contributed by atoms with E-state index in [2.05, 4.69) is 10.3 Å². The zero-order valence-electron chi connectivity index (χ0n) is 12.4. The Morgan fingerprint density at radius 2 is 2.40 bits per heavy atom. The molecule has 20 heavy (non-hydrogen) atoms. The molecule has 0 radical (unpaired) electrons. The SMILES string of the molecule is CC(C)NC(=O)c1ccnc(N(C)CC2CCCO2)c1. The lowest BCUT2D eigenvalue weighted by atomic mass is 10.2. The number of anilines is 1. The van der Waals surface area contributed by atoms with E-state index in [0.717, 1.165) is 31.8 Å². The van der Waals surface area contributed by atoms with E-state index in [1.54, 1.807) is 12.3 Å². The van der Waals surface area contributed by atoms with Crippen molar-refractivity contribution in [2.45, 2.75) is 38.8 Å². The molecule has 110 valence electrons. The first kappa shape index (κ1) is 14.8. The van der Waals surface area contributed by atoms with Crippen LogP contribution < -0.4 is 10.2 Å². The number of amides is 1. The van der Waals surface area contributed by atoms with Crippen LogP contribution in [0.2, 0.25) is 0 Å². The van der Waals surface area contributed by atoms with Crippen LogP contribution in [0.1, 0.15) is 37.0 Å². The fraction of sp³-hybridized carbons (Fsp3) is 0.600. The van der Waals surface area contributed by atoms with Gasteiger partial charge in [0.1, 0.15) is 5.82 Å². The molecule has 1 fully saturated rings. The summed E-state index contributed by atoms with van der Waals surface area (Å²) in [6.45, 7) is 5.55. The highest BCUT2D eigenvalue weighted by molar-refractivity contribution is 5.94. The van der Waals surface area contributed by atoms with Gasteiger partial charge in [0.15, 0.2) is 0 Å². The zero-order valence-corrected chi connectivity index (χ0v) is 12.4. The summed E-state index contributed by atoms with van der Waals surface area (Å²) >= 11 is 0. The molecule has 5 heteroatoms. The summed E-state index contributed by atoms with van der Waals surface area (Å²) in [4.78, 5) is 18.4. The molecule has 1 aliphatic heterocycles. The summed E-state index contributed by atoms with van der Waals surface area (Å²) < 4.78 is 5.63. The molecule has 5 nitrogen and oxygen atoms in total. The molecular weight excluding hydrogens is 254 g/mol. The van der Waals surface area contributed by atoms with E-state index in [4.69, 9.17) is 4.74 Å². The fourth-order valence-electron chi connectivity index (χ4n) is 2.30. The van der Waals surface area contributed by atoms with Crippen LogP contribution in [0.4, 0.5) is 5.82 Å². The van der Waals surface area contributed by atoms with Gasteiger partial charge in [-0.2, -0.15) is 0 Å². The molecule has 1 aromatic heterocycles. The highest BCUT2D eigenvalue weighted by Gasteiger charge is 2.18. The van der Waals surface area contributed by atoms with Crippen molar-refractivity contribution >= 4 is 11.7 Å². The minimum Gasteiger partial charge on any atom is -0.376 e. The van der Waals surface area contributed by atoms with Gasteiger partial charge in [0.25, 0.3) is 5.91 Å². The van der Waals surface area contributed by atoms with Crippen LogP contribution in [0.5, 0.6) is 0 Å². The van der Waals surface area contributed by atoms with Gasteiger partial charge in [-0.25, -0.2) is 4.98 Å². The quantitative estimate of drug-likeness (QED) is 0.892. The Hall–Kier alpha value is -1.62. The maximum Gasteiger partial charge on any atom is 0.251 e. The fourth-order valence-corrected chi connectivity index (χ4v) is 2.30. The van der Waals surface area contributed by atoms with E-state index in [1.165, 1.54) is 0 Å². The topological polar surface area (TPSA) is 54.5 Å². The Morgan fingerprint density at radius 3 is 3.05 bits per heavy atom. The van der Waals surface area contributed by atoms with E-state index in [9.17, 15) is 4.79 Å². The number of pyridine rings is 1. The normalized spacial score (nSPS) is 18.3. The third-order valence-electron chi connectivity index (χ3n) is 3.32. The first-order valence-electron chi connectivity index (χ1n) is 7.16. The molecule has 1 aromatic rings. The Balaban J connectivity index is 2.02. The van der Waals surface area contributed by atoms with Crippen LogP contribution in [0.15, 0.2) is 18.3 Å². The molecule has 1 N–H and O–H groups in total. The first-order valence-corrected chi connectivity index (χ1v) is 7.16. The maximum absolute atomic E-state index is 12.0. The molecule has 1 amide bonds. The molecule has 0 aromatic carbocycles. The van der Waals surface area contributed by atoms with Gasteiger partial charge >= 0.3 is 0 Å². The van der Waals surface area contributed by atoms with Crippen molar-refractivity contribution in [1.82, 2.24) is 10.3 Å². The Labute approximate surface area is 120 Å². The predicted octanol–water partition coefficient (Wildman–Crippen LogP) is 1.83. The molecule has 1 aliphatic rings. The summed E-state index contributed by atoms with van der Waals surface area (Å²) in [6.07, 6.45) is 4.17. The van der Waals surface area contributed by atoms with Crippen molar-refractivity contribution in [1.29, 1.82) is 0 Å². The highest BCUT2D eigenvalue weighted by Crippen LogP contribution is 2.17. The standard InChI is InChI=1S/C15H23N3O2/c1-11(2)17-15(19)12-6-7-16-14(9-12)18(3)10-13-5-4-8-20-13/h6-7,9,11,13H,4-5,8,10H2,1-3H3,(H,17,19). The van der Waals surface area contributed by atoms with Gasteiger partial charge in [-0.15, -0.1) is 0 Å². The summed E-state index contributed by atoms with van der Waals surface area (Å²) in [5.41, 5.74) is 0.642. The van der Waals surface area contributed by atoms with Crippen molar-refractivity contribution in [2.75, 3.05) is 25.1 Å². The smallest absolute Gasteiger partial charge is 0.251 e. The zero-order chi connectivity index (χ0) is 14.5. The van der Waals surface area contributed by atoms with E-state index in [-0.39, 0.29) is 18.1 Å². The first-order chi connectivity index (χ1) is 9.56. The van der Waals surface area contributed by atoms with Crippen molar-refractivity contribution in [3.8, 4) is 0 Å². The molecule has 1 saturated heterocycles. The van der Waals surface area contributed by atoms with Crippen LogP contribution in [0.25, 0.3) is 0 Å². The van der Waals surface area contributed by atoms with Gasteiger partial charge in [0, 0.05) is 38.0 Å². The number of carbonyl (C=O) groups excluding carboxylic acids is 1. The van der Waals surface area contributed by atoms with Crippen LogP contribution in [0, 0.1) is 0 Å². The third-order valence-corrected chi connectivity index (χ3v) is 3.32. The van der Waals surface area contributed by atoms with Crippen molar-refractivity contribution in [3.05, 3.63) is 23.9 Å². The van der Waals surface area contributed by atoms with Gasteiger partial charge in [0.2, 0.25) is 0 Å². The molecule has 0 saturated carbocycles. The second-order valence-corrected chi connectivity index (χ2v) is 5.55. The van der Waals surface area contributed by atoms with Crippen LogP contribution in [-0.2, 0) is 4.74 Å². The summed E-state index contributed by atoms with van der Waals surface area (Å²) in [7, 11) is 1.98. The van der Waals surface area contributed by atoms with E-state index < -0.39 is 0 Å². The average molecular weight is 277 g/mol. The third kappa shape index (κ3) is 3.93. The lowest BCUT2D eigenvalue weighted by Crippen LogP contribution is -2.31. The summed E-state index contributed by atoms with van der Waals surface area (Å²) in [5.74, 6) is 0.742. The lowest BCUT2D eigenvalue weighted by molar-refractivity contribution is 0.0943. The molecule has 0 bridgehead atoms. The maximum atomic E-state index is 12.0.